The Kier molecular flexibility index (Phi) is 3.80. The lowest BCUT2D eigenvalue weighted by Crippen LogP contribution is -2.10. The molecule has 0 aliphatic rings. The minimum atomic E-state index is -0.700. The Bertz CT molecular complexity index is 647. The molecule has 19 heavy (non-hydrogen) atoms. The van der Waals surface area contributed by atoms with Gasteiger partial charge in [0.1, 0.15) is 5.69 Å². The summed E-state index contributed by atoms with van der Waals surface area (Å²) in [6.07, 6.45) is 0. The third-order valence-corrected chi connectivity index (χ3v) is 2.98. The monoisotopic (exact) mass is 324 g/mol. The molecule has 0 saturated heterocycles. The number of hydrogen-bond donors (Lipinski definition) is 1. The van der Waals surface area contributed by atoms with Gasteiger partial charge in [-0.15, -0.1) is 0 Å². The Labute approximate surface area is 117 Å². The van der Waals surface area contributed by atoms with Crippen LogP contribution in [-0.4, -0.2) is 18.1 Å². The molecule has 2 rings (SSSR count). The molecular weight excluding hydrogens is 315 g/mol. The third-order valence-electron chi connectivity index (χ3n) is 2.48. The Hall–Kier alpha value is -1.95. The van der Waals surface area contributed by atoms with Gasteiger partial charge in [0.2, 0.25) is 0 Å². The summed E-state index contributed by atoms with van der Waals surface area (Å²) in [6, 6.07) is 8.00. The molecule has 0 radical (unpaired) electrons. The molecule has 0 atom stereocenters. The van der Waals surface area contributed by atoms with Crippen molar-refractivity contribution in [3.63, 3.8) is 0 Å². The highest BCUT2D eigenvalue weighted by Crippen LogP contribution is 2.26. The van der Waals surface area contributed by atoms with Gasteiger partial charge in [0.25, 0.3) is 0 Å². The number of nitrogens with two attached hydrogens (primary N) is 1. The largest absolute Gasteiger partial charge is 0.464 e. The first-order valence-electron chi connectivity index (χ1n) is 5.33. The van der Waals surface area contributed by atoms with Crippen molar-refractivity contribution in [2.75, 3.05) is 12.8 Å². The summed E-state index contributed by atoms with van der Waals surface area (Å²) >= 11 is 3.29. The van der Waals surface area contributed by atoms with Crippen LogP contribution in [0.25, 0.3) is 11.3 Å². The Morgan fingerprint density at radius 1 is 1.42 bits per heavy atom. The van der Waals surface area contributed by atoms with Crippen LogP contribution in [0.1, 0.15) is 10.5 Å². The number of carbonyl (C=O) groups is 1. The number of aromatic nitrogens is 1. The summed E-state index contributed by atoms with van der Waals surface area (Å²) < 4.78 is 19.2. The molecule has 1 heterocycles. The highest BCUT2D eigenvalue weighted by molar-refractivity contribution is 9.10. The minimum absolute atomic E-state index is 0.0518. The van der Waals surface area contributed by atoms with Gasteiger partial charge in [-0.1, -0.05) is 28.1 Å². The first-order chi connectivity index (χ1) is 9.02. The molecule has 0 aliphatic carbocycles. The number of anilines is 1. The summed E-state index contributed by atoms with van der Waals surface area (Å²) in [4.78, 5) is 15.5. The number of pyridine rings is 1. The van der Waals surface area contributed by atoms with Crippen molar-refractivity contribution in [1.29, 1.82) is 0 Å². The van der Waals surface area contributed by atoms with Crippen LogP contribution >= 0.6 is 15.9 Å². The van der Waals surface area contributed by atoms with Crippen molar-refractivity contribution in [2.24, 2.45) is 0 Å². The van der Waals surface area contributed by atoms with Gasteiger partial charge >= 0.3 is 5.97 Å². The number of hydrogen-bond acceptors (Lipinski definition) is 4. The molecule has 0 spiro atoms. The van der Waals surface area contributed by atoms with E-state index in [1.165, 1.54) is 7.11 Å². The molecular formula is C13H10BrFN2O2. The van der Waals surface area contributed by atoms with E-state index in [1.807, 2.05) is 0 Å². The second kappa shape index (κ2) is 5.36. The molecule has 0 amide bonds. The standard InChI is InChI=1S/C13H10BrFN2O2/c1-19-13(18)12-10(16)6-9(15)11(17-12)7-3-2-4-8(14)5-7/h2-6H,16H2,1H3. The van der Waals surface area contributed by atoms with Crippen molar-refractivity contribution in [2.45, 2.75) is 0 Å². The Morgan fingerprint density at radius 3 is 2.79 bits per heavy atom. The zero-order chi connectivity index (χ0) is 14.0. The molecule has 98 valence electrons. The molecule has 4 nitrogen and oxygen atoms in total. The maximum absolute atomic E-state index is 13.9. The molecule has 0 unspecified atom stereocenters. The van der Waals surface area contributed by atoms with E-state index in [4.69, 9.17) is 5.73 Å². The van der Waals surface area contributed by atoms with Crippen LogP contribution in [0.2, 0.25) is 0 Å². The van der Waals surface area contributed by atoms with E-state index < -0.39 is 11.8 Å². The maximum Gasteiger partial charge on any atom is 0.358 e. The summed E-state index contributed by atoms with van der Waals surface area (Å²) in [5.41, 5.74) is 6.00. The summed E-state index contributed by atoms with van der Waals surface area (Å²) in [7, 11) is 1.21. The molecule has 0 bridgehead atoms. The van der Waals surface area contributed by atoms with Gasteiger partial charge in [0.15, 0.2) is 11.5 Å². The average Bonchev–Trinajstić information content (AvgIpc) is 2.38. The van der Waals surface area contributed by atoms with Gasteiger partial charge in [0, 0.05) is 16.1 Å². The lowest BCUT2D eigenvalue weighted by Gasteiger charge is -2.08. The number of esters is 1. The maximum atomic E-state index is 13.9. The summed E-state index contributed by atoms with van der Waals surface area (Å²) in [5.74, 6) is -1.29. The fraction of sp³-hybridized carbons (Fsp3) is 0.0769. The van der Waals surface area contributed by atoms with Crippen molar-refractivity contribution < 1.29 is 13.9 Å². The average molecular weight is 325 g/mol. The lowest BCUT2D eigenvalue weighted by atomic mass is 10.1. The quantitative estimate of drug-likeness (QED) is 0.862. The second-order valence-electron chi connectivity index (χ2n) is 3.76. The van der Waals surface area contributed by atoms with Crippen molar-refractivity contribution in [1.82, 2.24) is 4.98 Å². The molecule has 2 N–H and O–H groups in total. The number of methoxy groups -OCH3 is 1. The zero-order valence-corrected chi connectivity index (χ0v) is 11.6. The number of halogens is 2. The normalized spacial score (nSPS) is 10.3. The van der Waals surface area contributed by atoms with Crippen molar-refractivity contribution >= 4 is 27.6 Å². The van der Waals surface area contributed by atoms with Crippen LogP contribution in [0, 0.1) is 5.82 Å². The second-order valence-corrected chi connectivity index (χ2v) is 4.67. The Balaban J connectivity index is 2.61. The van der Waals surface area contributed by atoms with E-state index in [9.17, 15) is 9.18 Å². The third kappa shape index (κ3) is 2.73. The van der Waals surface area contributed by atoms with Gasteiger partial charge < -0.3 is 10.5 Å². The van der Waals surface area contributed by atoms with Crippen LogP contribution in [0.4, 0.5) is 10.1 Å². The lowest BCUT2D eigenvalue weighted by molar-refractivity contribution is 0.0595. The Morgan fingerprint density at radius 2 is 2.16 bits per heavy atom. The zero-order valence-electron chi connectivity index (χ0n) is 9.98. The SMILES string of the molecule is COC(=O)c1nc(-c2cccc(Br)c2)c(F)cc1N. The van der Waals surface area contributed by atoms with Crippen LogP contribution in [0.3, 0.4) is 0 Å². The minimum Gasteiger partial charge on any atom is -0.464 e. The van der Waals surface area contributed by atoms with Gasteiger partial charge in [-0.3, -0.25) is 0 Å². The number of rotatable bonds is 2. The smallest absolute Gasteiger partial charge is 0.358 e. The fourth-order valence-corrected chi connectivity index (χ4v) is 2.00. The number of benzene rings is 1. The van der Waals surface area contributed by atoms with E-state index in [0.717, 1.165) is 10.5 Å². The molecule has 2 aromatic rings. The number of ether oxygens (including phenoxy) is 1. The molecule has 1 aromatic carbocycles. The van der Waals surface area contributed by atoms with E-state index in [1.54, 1.807) is 24.3 Å². The highest BCUT2D eigenvalue weighted by atomic mass is 79.9. The molecule has 0 fully saturated rings. The fourth-order valence-electron chi connectivity index (χ4n) is 1.60. The molecule has 6 heteroatoms. The van der Waals surface area contributed by atoms with Gasteiger partial charge in [-0.2, -0.15) is 0 Å². The van der Waals surface area contributed by atoms with Crippen LogP contribution in [0.15, 0.2) is 34.8 Å². The van der Waals surface area contributed by atoms with Gasteiger partial charge in [-0.05, 0) is 12.1 Å². The number of carbonyl (C=O) groups excluding carboxylic acids is 1. The predicted molar refractivity (Wildman–Crippen MR) is 73.1 cm³/mol. The van der Waals surface area contributed by atoms with E-state index in [-0.39, 0.29) is 17.1 Å². The van der Waals surface area contributed by atoms with Crippen molar-refractivity contribution in [3.05, 3.63) is 46.3 Å². The van der Waals surface area contributed by atoms with Crippen molar-refractivity contribution in [3.8, 4) is 11.3 Å². The highest BCUT2D eigenvalue weighted by Gasteiger charge is 2.17. The van der Waals surface area contributed by atoms with E-state index >= 15 is 0 Å². The summed E-state index contributed by atoms with van der Waals surface area (Å²) in [5, 5.41) is 0. The van der Waals surface area contributed by atoms with Crippen LogP contribution < -0.4 is 5.73 Å². The van der Waals surface area contributed by atoms with Gasteiger partial charge in [-0.25, -0.2) is 14.2 Å². The molecule has 0 aliphatic heterocycles. The predicted octanol–water partition coefficient (Wildman–Crippen LogP) is 3.02. The first kappa shape index (κ1) is 13.5. The van der Waals surface area contributed by atoms with Crippen LogP contribution in [0.5, 0.6) is 0 Å². The molecule has 1 aromatic heterocycles. The number of nitrogen functional groups attached to an aromatic ring is 1. The summed E-state index contributed by atoms with van der Waals surface area (Å²) in [6.45, 7) is 0. The van der Waals surface area contributed by atoms with Gasteiger partial charge in [0.05, 0.1) is 12.8 Å². The van der Waals surface area contributed by atoms with Crippen LogP contribution in [-0.2, 0) is 4.74 Å². The number of nitrogens with zero attached hydrogens (tertiary/aromatic N) is 1. The van der Waals surface area contributed by atoms with E-state index in [2.05, 4.69) is 25.7 Å². The first-order valence-corrected chi connectivity index (χ1v) is 6.12. The topological polar surface area (TPSA) is 65.2 Å². The molecule has 0 saturated carbocycles. The van der Waals surface area contributed by atoms with E-state index in [0.29, 0.717) is 5.56 Å².